The molecule has 1 heterocycles. The van der Waals surface area contributed by atoms with Crippen molar-refractivity contribution in [2.24, 2.45) is 0 Å². The summed E-state index contributed by atoms with van der Waals surface area (Å²) in [6, 6.07) is 4.48. The first-order valence-electron chi connectivity index (χ1n) is 9.86. The summed E-state index contributed by atoms with van der Waals surface area (Å²) in [6.07, 6.45) is 7.25. The van der Waals surface area contributed by atoms with Crippen molar-refractivity contribution < 1.29 is 32.6 Å². The Morgan fingerprint density at radius 1 is 1.09 bits per heavy atom. The molecule has 0 radical (unpaired) electrons. The molecule has 0 saturated heterocycles. The van der Waals surface area contributed by atoms with Crippen molar-refractivity contribution >= 4 is 39.3 Å². The summed E-state index contributed by atoms with van der Waals surface area (Å²) in [6.45, 7) is 0. The van der Waals surface area contributed by atoms with Crippen LogP contribution in [-0.2, 0) is 27.7 Å². The largest absolute Gasteiger partial charge is 0.493 e. The smallest absolute Gasteiger partial charge is 0.328 e. The minimum Gasteiger partial charge on any atom is -0.493 e. The second-order valence-electron chi connectivity index (χ2n) is 7.11. The Morgan fingerprint density at radius 2 is 1.84 bits per heavy atom. The van der Waals surface area contributed by atoms with Gasteiger partial charge in [0.25, 0.3) is 15.9 Å². The minimum atomic E-state index is -4.27. The highest BCUT2D eigenvalue weighted by Crippen LogP contribution is 2.36. The number of fused-ring (bicyclic) bond motifs is 1. The summed E-state index contributed by atoms with van der Waals surface area (Å²) in [5.74, 6) is -1.73. The van der Waals surface area contributed by atoms with E-state index in [-0.39, 0.29) is 22.0 Å². The Kier molecular flexibility index (Phi) is 7.54. The number of sulfonamides is 1. The average Bonchev–Trinajstić information content (AvgIpc) is 3.05. The molecule has 1 aromatic heterocycles. The lowest BCUT2D eigenvalue weighted by Gasteiger charge is -2.15. The molecule has 0 atom stereocenters. The third-order valence-corrected chi connectivity index (χ3v) is 7.43. The van der Waals surface area contributed by atoms with Gasteiger partial charge in [0.1, 0.15) is 4.90 Å². The van der Waals surface area contributed by atoms with E-state index in [9.17, 15) is 18.0 Å². The molecule has 0 aliphatic heterocycles. The Balaban J connectivity index is 1.84. The van der Waals surface area contributed by atoms with Gasteiger partial charge in [0.2, 0.25) is 0 Å². The van der Waals surface area contributed by atoms with Crippen LogP contribution in [-0.4, -0.2) is 39.6 Å². The van der Waals surface area contributed by atoms with E-state index < -0.39 is 21.9 Å². The zero-order chi connectivity index (χ0) is 23.3. The maximum atomic E-state index is 12.9. The lowest BCUT2D eigenvalue weighted by molar-refractivity contribution is -0.131. The van der Waals surface area contributed by atoms with Crippen LogP contribution in [0.5, 0.6) is 11.5 Å². The number of ether oxygens (including phenoxy) is 2. The SMILES string of the molecule is COc1cc(C=CC(=O)O)cc(S(=O)(=O)NNC(=O)c2cc3c(s2)CCCCC3)c1OC. The molecule has 0 saturated carbocycles. The van der Waals surface area contributed by atoms with Gasteiger partial charge in [-0.1, -0.05) is 6.42 Å². The monoisotopic (exact) mass is 480 g/mol. The molecule has 3 N–H and O–H groups in total. The number of methoxy groups -OCH3 is 2. The Morgan fingerprint density at radius 3 is 2.53 bits per heavy atom. The Hall–Kier alpha value is -2.89. The molecule has 0 unspecified atom stereocenters. The van der Waals surface area contributed by atoms with Crippen molar-refractivity contribution in [1.82, 2.24) is 10.3 Å². The van der Waals surface area contributed by atoms with E-state index in [1.165, 1.54) is 48.6 Å². The van der Waals surface area contributed by atoms with E-state index in [0.717, 1.165) is 43.7 Å². The molecule has 9 nitrogen and oxygen atoms in total. The number of nitrogens with one attached hydrogen (secondary N) is 2. The van der Waals surface area contributed by atoms with Gasteiger partial charge in [0.05, 0.1) is 19.1 Å². The fraction of sp³-hybridized carbons (Fsp3) is 0.333. The van der Waals surface area contributed by atoms with Crippen molar-refractivity contribution in [2.45, 2.75) is 37.0 Å². The number of thiophene rings is 1. The van der Waals surface area contributed by atoms with Crippen molar-refractivity contribution in [1.29, 1.82) is 0 Å². The quantitative estimate of drug-likeness (QED) is 0.301. The van der Waals surface area contributed by atoms with Crippen LogP contribution < -0.4 is 19.7 Å². The predicted molar refractivity (Wildman–Crippen MR) is 120 cm³/mol. The maximum Gasteiger partial charge on any atom is 0.328 e. The van der Waals surface area contributed by atoms with E-state index in [0.29, 0.717) is 4.88 Å². The van der Waals surface area contributed by atoms with Gasteiger partial charge in [-0.05, 0) is 61.1 Å². The van der Waals surface area contributed by atoms with E-state index in [1.807, 2.05) is 6.07 Å². The number of carboxylic acids is 1. The summed E-state index contributed by atoms with van der Waals surface area (Å²) in [5.41, 5.74) is 3.65. The highest BCUT2D eigenvalue weighted by Gasteiger charge is 2.25. The molecule has 0 fully saturated rings. The molecule has 0 bridgehead atoms. The van der Waals surface area contributed by atoms with Gasteiger partial charge in [0.15, 0.2) is 11.5 Å². The number of rotatable bonds is 8. The van der Waals surface area contributed by atoms with E-state index in [1.54, 1.807) is 0 Å². The number of hydrogen-bond donors (Lipinski definition) is 3. The van der Waals surface area contributed by atoms with Crippen LogP contribution >= 0.6 is 11.3 Å². The first-order chi connectivity index (χ1) is 15.2. The summed E-state index contributed by atoms with van der Waals surface area (Å²) in [7, 11) is -1.66. The van der Waals surface area contributed by atoms with Gasteiger partial charge >= 0.3 is 5.97 Å². The van der Waals surface area contributed by atoms with Gasteiger partial charge in [0, 0.05) is 11.0 Å². The molecule has 3 rings (SSSR count). The third kappa shape index (κ3) is 5.47. The predicted octanol–water partition coefficient (Wildman–Crippen LogP) is 2.76. The van der Waals surface area contributed by atoms with Gasteiger partial charge in [-0.25, -0.2) is 13.2 Å². The van der Waals surface area contributed by atoms with Crippen LogP contribution in [0.15, 0.2) is 29.2 Å². The number of aliphatic carboxylic acids is 1. The van der Waals surface area contributed by atoms with Crippen molar-refractivity contribution in [3.8, 4) is 11.5 Å². The van der Waals surface area contributed by atoms with Crippen molar-refractivity contribution in [2.75, 3.05) is 14.2 Å². The van der Waals surface area contributed by atoms with Gasteiger partial charge < -0.3 is 14.6 Å². The van der Waals surface area contributed by atoms with Gasteiger partial charge in [-0.2, -0.15) is 0 Å². The Bertz CT molecular complexity index is 1130. The lowest BCUT2D eigenvalue weighted by Crippen LogP contribution is -2.41. The molecule has 1 aliphatic rings. The highest BCUT2D eigenvalue weighted by atomic mass is 32.2. The van der Waals surface area contributed by atoms with Crippen LogP contribution in [0.3, 0.4) is 0 Å². The Labute approximate surface area is 190 Å². The summed E-state index contributed by atoms with van der Waals surface area (Å²) in [5, 5.41) is 8.84. The van der Waals surface area contributed by atoms with Crippen molar-refractivity contribution in [3.63, 3.8) is 0 Å². The van der Waals surface area contributed by atoms with Crippen LogP contribution in [0.25, 0.3) is 6.08 Å². The number of carbonyl (C=O) groups excluding carboxylic acids is 1. The molecular formula is C21H24N2O7S2. The number of amides is 1. The zero-order valence-corrected chi connectivity index (χ0v) is 19.3. The number of hydrazine groups is 1. The number of carboxylic acid groups (broad SMARTS) is 1. The van der Waals surface area contributed by atoms with E-state index in [4.69, 9.17) is 14.6 Å². The molecule has 172 valence electrons. The number of aryl methyl sites for hydroxylation is 2. The fourth-order valence-electron chi connectivity index (χ4n) is 3.42. The molecule has 0 spiro atoms. The van der Waals surface area contributed by atoms with Gasteiger partial charge in [-0.15, -0.1) is 16.2 Å². The van der Waals surface area contributed by atoms with Crippen LogP contribution in [0.1, 0.15) is 44.9 Å². The van der Waals surface area contributed by atoms with Crippen molar-refractivity contribution in [3.05, 3.63) is 45.2 Å². The lowest BCUT2D eigenvalue weighted by atomic mass is 10.1. The average molecular weight is 481 g/mol. The molecule has 1 amide bonds. The number of carbonyl (C=O) groups is 2. The first kappa shape index (κ1) is 23.8. The second-order valence-corrected chi connectivity index (χ2v) is 9.89. The summed E-state index contributed by atoms with van der Waals surface area (Å²) in [4.78, 5) is 26.8. The van der Waals surface area contributed by atoms with Gasteiger partial charge in [-0.3, -0.25) is 10.2 Å². The van der Waals surface area contributed by atoms with Crippen LogP contribution in [0.2, 0.25) is 0 Å². The highest BCUT2D eigenvalue weighted by molar-refractivity contribution is 7.89. The third-order valence-electron chi connectivity index (χ3n) is 4.94. The minimum absolute atomic E-state index is 0.0791. The molecule has 11 heteroatoms. The molecular weight excluding hydrogens is 456 g/mol. The van der Waals surface area contributed by atoms with Crippen LogP contribution in [0, 0.1) is 0 Å². The first-order valence-corrected chi connectivity index (χ1v) is 12.2. The number of hydrogen-bond acceptors (Lipinski definition) is 7. The summed E-state index contributed by atoms with van der Waals surface area (Å²) < 4.78 is 36.3. The zero-order valence-electron chi connectivity index (χ0n) is 17.6. The van der Waals surface area contributed by atoms with Crippen LogP contribution in [0.4, 0.5) is 0 Å². The second kappa shape index (κ2) is 10.2. The summed E-state index contributed by atoms with van der Waals surface area (Å²) >= 11 is 1.37. The molecule has 1 aromatic carbocycles. The van der Waals surface area contributed by atoms with E-state index in [2.05, 4.69) is 10.3 Å². The maximum absolute atomic E-state index is 12.9. The molecule has 1 aliphatic carbocycles. The standard InChI is InChI=1S/C21H24N2O7S2/c1-29-15-10-13(8-9-19(24)25)11-18(20(15)30-2)32(27,28)23-22-21(26)17-12-14-6-4-3-5-7-16(14)31-17/h8-12,23H,3-7H2,1-2H3,(H,22,26)(H,24,25). The molecule has 32 heavy (non-hydrogen) atoms. The van der Waals surface area contributed by atoms with E-state index >= 15 is 0 Å². The fourth-order valence-corrected chi connectivity index (χ4v) is 5.63. The topological polar surface area (TPSA) is 131 Å². The molecule has 2 aromatic rings. The number of benzene rings is 1. The normalized spacial score (nSPS) is 13.9.